The lowest BCUT2D eigenvalue weighted by atomic mass is 10.0. The van der Waals surface area contributed by atoms with Crippen LogP contribution in [0.15, 0.2) is 48.5 Å². The molecular formula is C36H59BO2. The summed E-state index contributed by atoms with van der Waals surface area (Å²) in [5.41, 5.74) is 2.81. The first-order chi connectivity index (χ1) is 19.3. The van der Waals surface area contributed by atoms with E-state index in [1.807, 2.05) is 0 Å². The molecule has 39 heavy (non-hydrogen) atoms. The fourth-order valence-electron chi connectivity index (χ4n) is 5.30. The molecule has 0 aromatic heterocycles. The Morgan fingerprint density at radius 1 is 0.385 bits per heavy atom. The zero-order valence-corrected chi connectivity index (χ0v) is 25.7. The van der Waals surface area contributed by atoms with E-state index in [0.717, 1.165) is 11.5 Å². The maximum Gasteiger partial charge on any atom is 0.576 e. The van der Waals surface area contributed by atoms with Gasteiger partial charge in [0, 0.05) is 0 Å². The highest BCUT2D eigenvalue weighted by Crippen LogP contribution is 2.18. The molecule has 2 nitrogen and oxygen atoms in total. The van der Waals surface area contributed by atoms with Crippen LogP contribution < -0.4 is 9.31 Å². The molecule has 3 heteroatoms. The Morgan fingerprint density at radius 2 is 0.667 bits per heavy atom. The van der Waals surface area contributed by atoms with Crippen LogP contribution in [0.5, 0.6) is 11.5 Å². The molecule has 2 aromatic rings. The molecule has 218 valence electrons. The minimum atomic E-state index is 0.246. The third kappa shape index (κ3) is 18.1. The van der Waals surface area contributed by atoms with Gasteiger partial charge in [0.2, 0.25) is 0 Å². The molecule has 0 aliphatic heterocycles. The number of aryl methyl sites for hydroxylation is 2. The van der Waals surface area contributed by atoms with Gasteiger partial charge in [0.05, 0.1) is 0 Å². The van der Waals surface area contributed by atoms with Crippen LogP contribution in [-0.4, -0.2) is 7.69 Å². The first-order valence-corrected chi connectivity index (χ1v) is 16.7. The van der Waals surface area contributed by atoms with Crippen molar-refractivity contribution in [3.8, 4) is 11.5 Å². The molecule has 0 bridgehead atoms. The molecule has 0 atom stereocenters. The van der Waals surface area contributed by atoms with E-state index in [1.54, 1.807) is 0 Å². The molecule has 0 fully saturated rings. The summed E-state index contributed by atoms with van der Waals surface area (Å²) in [7, 11) is 0.246. The van der Waals surface area contributed by atoms with E-state index < -0.39 is 0 Å². The molecule has 0 spiro atoms. The quantitative estimate of drug-likeness (QED) is 0.0882. The standard InChI is InChI=1S/C36H59BO2/c1-3-5-7-9-11-13-15-17-19-21-23-33-25-29-35(30-26-33)38-37-39-36-31-27-34(28-32-36)24-22-20-18-16-14-12-10-8-6-4-2/h25-32,37H,3-24H2,1-2H3. The molecule has 2 aromatic carbocycles. The van der Waals surface area contributed by atoms with Crippen LogP contribution >= 0.6 is 0 Å². The zero-order chi connectivity index (χ0) is 27.6. The van der Waals surface area contributed by atoms with Gasteiger partial charge in [-0.2, -0.15) is 0 Å². The zero-order valence-electron chi connectivity index (χ0n) is 25.7. The maximum atomic E-state index is 5.82. The van der Waals surface area contributed by atoms with Crippen molar-refractivity contribution in [2.24, 2.45) is 0 Å². The minimum Gasteiger partial charge on any atom is -0.529 e. The van der Waals surface area contributed by atoms with Crippen LogP contribution in [0.2, 0.25) is 0 Å². The van der Waals surface area contributed by atoms with Crippen LogP contribution in [-0.2, 0) is 12.8 Å². The summed E-state index contributed by atoms with van der Waals surface area (Å²) >= 11 is 0. The molecule has 0 saturated heterocycles. The molecular weight excluding hydrogens is 475 g/mol. The van der Waals surface area contributed by atoms with E-state index in [1.165, 1.54) is 152 Å². The highest BCUT2D eigenvalue weighted by atomic mass is 16.6. The van der Waals surface area contributed by atoms with Crippen molar-refractivity contribution < 1.29 is 9.31 Å². The van der Waals surface area contributed by atoms with Crippen molar-refractivity contribution in [2.45, 2.75) is 155 Å². The van der Waals surface area contributed by atoms with Gasteiger partial charge in [0.25, 0.3) is 0 Å². The van der Waals surface area contributed by atoms with E-state index in [0.29, 0.717) is 0 Å². The van der Waals surface area contributed by atoms with Crippen molar-refractivity contribution in [1.82, 2.24) is 0 Å². The normalized spacial score (nSPS) is 11.0. The van der Waals surface area contributed by atoms with E-state index in [4.69, 9.17) is 9.31 Å². The van der Waals surface area contributed by atoms with Crippen molar-refractivity contribution in [2.75, 3.05) is 0 Å². The van der Waals surface area contributed by atoms with Gasteiger partial charge < -0.3 is 9.31 Å². The second-order valence-corrected chi connectivity index (χ2v) is 11.6. The van der Waals surface area contributed by atoms with Crippen LogP contribution in [0.1, 0.15) is 153 Å². The molecule has 0 N–H and O–H groups in total. The van der Waals surface area contributed by atoms with Gasteiger partial charge in [-0.3, -0.25) is 0 Å². The Morgan fingerprint density at radius 3 is 0.974 bits per heavy atom. The van der Waals surface area contributed by atoms with Gasteiger partial charge in [-0.25, -0.2) is 0 Å². The molecule has 0 amide bonds. The molecule has 0 unspecified atom stereocenters. The van der Waals surface area contributed by atoms with Crippen molar-refractivity contribution in [3.63, 3.8) is 0 Å². The molecule has 0 aliphatic rings. The highest BCUT2D eigenvalue weighted by Gasteiger charge is 2.02. The van der Waals surface area contributed by atoms with Gasteiger partial charge in [-0.15, -0.1) is 0 Å². The number of rotatable bonds is 26. The van der Waals surface area contributed by atoms with Crippen LogP contribution in [0.4, 0.5) is 0 Å². The van der Waals surface area contributed by atoms with Crippen molar-refractivity contribution in [3.05, 3.63) is 59.7 Å². The molecule has 0 radical (unpaired) electrons. The lowest BCUT2D eigenvalue weighted by Gasteiger charge is -2.09. The van der Waals surface area contributed by atoms with Gasteiger partial charge in [-0.1, -0.05) is 154 Å². The van der Waals surface area contributed by atoms with Crippen molar-refractivity contribution >= 4 is 7.69 Å². The lowest BCUT2D eigenvalue weighted by Crippen LogP contribution is -2.10. The minimum absolute atomic E-state index is 0.246. The van der Waals surface area contributed by atoms with Gasteiger partial charge in [0.15, 0.2) is 0 Å². The highest BCUT2D eigenvalue weighted by molar-refractivity contribution is 6.20. The predicted molar refractivity (Wildman–Crippen MR) is 172 cm³/mol. The van der Waals surface area contributed by atoms with E-state index in [-0.39, 0.29) is 7.69 Å². The third-order valence-corrected chi connectivity index (χ3v) is 7.94. The summed E-state index contributed by atoms with van der Waals surface area (Å²) < 4.78 is 11.6. The second kappa shape index (κ2) is 23.9. The first-order valence-electron chi connectivity index (χ1n) is 16.7. The van der Waals surface area contributed by atoms with Gasteiger partial charge >= 0.3 is 7.69 Å². The molecule has 2 rings (SSSR count). The molecule has 0 heterocycles. The maximum absolute atomic E-state index is 5.82. The topological polar surface area (TPSA) is 18.5 Å². The fourth-order valence-corrected chi connectivity index (χ4v) is 5.30. The summed E-state index contributed by atoms with van der Waals surface area (Å²) in [5.74, 6) is 1.75. The Kier molecular flexibility index (Phi) is 20.5. The summed E-state index contributed by atoms with van der Waals surface area (Å²) in [6, 6.07) is 17.1. The summed E-state index contributed by atoms with van der Waals surface area (Å²) in [4.78, 5) is 0. The Hall–Kier alpha value is -1.90. The Labute approximate surface area is 243 Å². The molecule has 0 saturated carbocycles. The Bertz CT molecular complexity index is 719. The van der Waals surface area contributed by atoms with E-state index in [2.05, 4.69) is 62.4 Å². The summed E-state index contributed by atoms with van der Waals surface area (Å²) in [5, 5.41) is 0. The van der Waals surface area contributed by atoms with E-state index in [9.17, 15) is 0 Å². The molecule has 0 aliphatic carbocycles. The first kappa shape index (κ1) is 33.3. The van der Waals surface area contributed by atoms with Gasteiger partial charge in [0.1, 0.15) is 11.5 Å². The third-order valence-electron chi connectivity index (χ3n) is 7.94. The summed E-state index contributed by atoms with van der Waals surface area (Å²) in [6.45, 7) is 4.57. The second-order valence-electron chi connectivity index (χ2n) is 11.6. The monoisotopic (exact) mass is 534 g/mol. The van der Waals surface area contributed by atoms with E-state index >= 15 is 0 Å². The SMILES string of the molecule is CCCCCCCCCCCCc1ccc(OBOc2ccc(CCCCCCCCCCCC)cc2)cc1. The lowest BCUT2D eigenvalue weighted by molar-refractivity contribution is 0.458. The Balaban J connectivity index is 1.46. The van der Waals surface area contributed by atoms with Gasteiger partial charge in [-0.05, 0) is 61.1 Å². The van der Waals surface area contributed by atoms with Crippen molar-refractivity contribution in [1.29, 1.82) is 0 Å². The van der Waals surface area contributed by atoms with Crippen LogP contribution in [0.25, 0.3) is 0 Å². The average Bonchev–Trinajstić information content (AvgIpc) is 2.96. The number of unbranched alkanes of at least 4 members (excludes halogenated alkanes) is 18. The number of benzene rings is 2. The van der Waals surface area contributed by atoms with Crippen LogP contribution in [0, 0.1) is 0 Å². The average molecular weight is 535 g/mol. The summed E-state index contributed by atoms with van der Waals surface area (Å²) in [6.07, 6.45) is 30.1. The number of hydrogen-bond donors (Lipinski definition) is 0. The van der Waals surface area contributed by atoms with Crippen LogP contribution in [0.3, 0.4) is 0 Å². The number of hydrogen-bond acceptors (Lipinski definition) is 2. The smallest absolute Gasteiger partial charge is 0.529 e. The largest absolute Gasteiger partial charge is 0.576 e. The predicted octanol–water partition coefficient (Wildman–Crippen LogP) is 11.3. The fraction of sp³-hybridized carbons (Fsp3) is 0.667.